The van der Waals surface area contributed by atoms with E-state index in [4.69, 9.17) is 17.3 Å². The zero-order valence-electron chi connectivity index (χ0n) is 16.2. The molecule has 0 fully saturated rings. The molecule has 29 heavy (non-hydrogen) atoms. The Morgan fingerprint density at radius 3 is 2.66 bits per heavy atom. The van der Waals surface area contributed by atoms with Gasteiger partial charge in [0.1, 0.15) is 40.1 Å². The lowest BCUT2D eigenvalue weighted by Crippen LogP contribution is -2.09. The summed E-state index contributed by atoms with van der Waals surface area (Å²) in [4.78, 5) is 8.69. The maximum atomic E-state index is 13.2. The van der Waals surface area contributed by atoms with E-state index in [9.17, 15) is 9.65 Å². The summed E-state index contributed by atoms with van der Waals surface area (Å²) in [5.41, 5.74) is 8.42. The summed E-state index contributed by atoms with van der Waals surface area (Å²) in [5, 5.41) is 17.6. The van der Waals surface area contributed by atoms with Gasteiger partial charge in [-0.15, -0.1) is 0 Å². The number of benzene rings is 1. The number of aryl methyl sites for hydroxylation is 2. The highest BCUT2D eigenvalue weighted by molar-refractivity contribution is 6.30. The second-order valence-corrected chi connectivity index (χ2v) is 6.85. The van der Waals surface area contributed by atoms with E-state index in [1.807, 2.05) is 13.8 Å². The number of nitriles is 1. The van der Waals surface area contributed by atoms with Crippen LogP contribution < -0.4 is 11.1 Å². The first kappa shape index (κ1) is 20.6. The molecule has 3 N–H and O–H groups in total. The van der Waals surface area contributed by atoms with Crippen molar-refractivity contribution in [1.29, 1.82) is 5.26 Å². The van der Waals surface area contributed by atoms with Crippen molar-refractivity contribution in [3.8, 4) is 11.8 Å². The first-order valence-electron chi connectivity index (χ1n) is 9.24. The van der Waals surface area contributed by atoms with Crippen LogP contribution in [0.3, 0.4) is 0 Å². The van der Waals surface area contributed by atoms with Crippen molar-refractivity contribution in [3.63, 3.8) is 0 Å². The van der Waals surface area contributed by atoms with Crippen molar-refractivity contribution in [1.82, 2.24) is 19.7 Å². The second-order valence-electron chi connectivity index (χ2n) is 6.50. The lowest BCUT2D eigenvalue weighted by molar-refractivity contribution is 0.627. The van der Waals surface area contributed by atoms with Crippen LogP contribution in [-0.2, 0) is 12.8 Å². The fourth-order valence-electron chi connectivity index (χ4n) is 2.88. The van der Waals surface area contributed by atoms with Crippen molar-refractivity contribution in [2.75, 3.05) is 17.6 Å². The van der Waals surface area contributed by atoms with Gasteiger partial charge < -0.3 is 11.1 Å². The molecule has 2 heterocycles. The van der Waals surface area contributed by atoms with Crippen LogP contribution in [0.4, 0.5) is 16.0 Å². The third-order valence-corrected chi connectivity index (χ3v) is 4.88. The van der Waals surface area contributed by atoms with Crippen molar-refractivity contribution in [3.05, 3.63) is 57.9 Å². The monoisotopic (exact) mass is 413 g/mol. The van der Waals surface area contributed by atoms with E-state index in [-0.39, 0.29) is 11.6 Å². The minimum Gasteiger partial charge on any atom is -0.382 e. The summed E-state index contributed by atoms with van der Waals surface area (Å²) in [5.74, 6) is 1.28. The molecule has 0 saturated heterocycles. The first-order valence-corrected chi connectivity index (χ1v) is 9.62. The smallest absolute Gasteiger partial charge is 0.145 e. The number of anilines is 2. The average Bonchev–Trinajstić information content (AvgIpc) is 3.04. The van der Waals surface area contributed by atoms with Crippen molar-refractivity contribution in [2.45, 2.75) is 33.1 Å². The highest BCUT2D eigenvalue weighted by atomic mass is 35.5. The number of rotatable bonds is 7. The predicted molar refractivity (Wildman–Crippen MR) is 111 cm³/mol. The topological polar surface area (TPSA) is 105 Å². The molecular weight excluding hydrogens is 393 g/mol. The van der Waals surface area contributed by atoms with Crippen LogP contribution in [0.5, 0.6) is 0 Å². The Kier molecular flexibility index (Phi) is 6.29. The van der Waals surface area contributed by atoms with Gasteiger partial charge in [-0.05, 0) is 44.0 Å². The molecule has 0 spiro atoms. The molecule has 0 aliphatic carbocycles. The molecule has 3 aromatic rings. The van der Waals surface area contributed by atoms with E-state index in [1.165, 1.54) is 16.8 Å². The molecule has 2 aromatic heterocycles. The summed E-state index contributed by atoms with van der Waals surface area (Å²) in [6, 6.07) is 7.90. The van der Waals surface area contributed by atoms with Crippen LogP contribution >= 0.6 is 11.6 Å². The quantitative estimate of drug-likeness (QED) is 0.450. The van der Waals surface area contributed by atoms with Gasteiger partial charge in [0.2, 0.25) is 0 Å². The van der Waals surface area contributed by atoms with Gasteiger partial charge in [0.25, 0.3) is 0 Å². The number of nitrogens with two attached hydrogens (primary N) is 1. The number of nitrogens with zero attached hydrogens (tertiary/aromatic N) is 5. The largest absolute Gasteiger partial charge is 0.382 e. The zero-order valence-corrected chi connectivity index (χ0v) is 17.0. The number of aromatic nitrogens is 4. The molecular formula is C20H21ClFN7. The van der Waals surface area contributed by atoms with E-state index < -0.39 is 0 Å². The Morgan fingerprint density at radius 2 is 2.00 bits per heavy atom. The van der Waals surface area contributed by atoms with Crippen LogP contribution in [0.15, 0.2) is 24.3 Å². The molecule has 0 saturated carbocycles. The van der Waals surface area contributed by atoms with E-state index >= 15 is 0 Å². The van der Waals surface area contributed by atoms with Crippen LogP contribution in [0.1, 0.15) is 36.0 Å². The van der Waals surface area contributed by atoms with Gasteiger partial charge in [0.05, 0.1) is 11.4 Å². The Labute approximate surface area is 173 Å². The molecule has 0 amide bonds. The molecule has 0 radical (unpaired) electrons. The molecule has 9 heteroatoms. The summed E-state index contributed by atoms with van der Waals surface area (Å²) < 4.78 is 14.6. The minimum atomic E-state index is -0.349. The maximum Gasteiger partial charge on any atom is 0.145 e. The highest BCUT2D eigenvalue weighted by Gasteiger charge is 2.16. The fraction of sp³-hybridized carbons (Fsp3) is 0.300. The highest BCUT2D eigenvalue weighted by Crippen LogP contribution is 2.23. The average molecular weight is 414 g/mol. The van der Waals surface area contributed by atoms with Gasteiger partial charge in [-0.1, -0.05) is 18.5 Å². The number of halogens is 2. The number of hydrogen-bond donors (Lipinski definition) is 2. The van der Waals surface area contributed by atoms with Crippen molar-refractivity contribution in [2.24, 2.45) is 0 Å². The lowest BCUT2D eigenvalue weighted by atomic mass is 10.1. The third-order valence-electron chi connectivity index (χ3n) is 4.51. The van der Waals surface area contributed by atoms with Crippen molar-refractivity contribution < 1.29 is 4.39 Å². The SMILES string of the molecule is CCc1nc(Cl)c(C)c(NCCCc2nn(-c3ccc(F)cc3)c(N)c2C#N)n1. The maximum absolute atomic E-state index is 13.2. The number of nitrogen functional groups attached to an aromatic ring is 1. The van der Waals surface area contributed by atoms with E-state index in [0.717, 1.165) is 5.56 Å². The van der Waals surface area contributed by atoms with Gasteiger partial charge in [-0.25, -0.2) is 19.0 Å². The van der Waals surface area contributed by atoms with Crippen LogP contribution in [-0.4, -0.2) is 26.3 Å². The van der Waals surface area contributed by atoms with Gasteiger partial charge in [0, 0.05) is 18.5 Å². The van der Waals surface area contributed by atoms with Gasteiger partial charge in [0.15, 0.2) is 0 Å². The van der Waals surface area contributed by atoms with E-state index in [2.05, 4.69) is 26.5 Å². The van der Waals surface area contributed by atoms with Gasteiger partial charge in [-0.2, -0.15) is 10.4 Å². The fourth-order valence-corrected chi connectivity index (χ4v) is 3.07. The van der Waals surface area contributed by atoms with Gasteiger partial charge in [-0.3, -0.25) is 0 Å². The molecule has 0 atom stereocenters. The summed E-state index contributed by atoms with van der Waals surface area (Å²) >= 11 is 6.16. The Balaban J connectivity index is 1.70. The molecule has 150 valence electrons. The molecule has 7 nitrogen and oxygen atoms in total. The first-order chi connectivity index (χ1) is 13.9. The standard InChI is InChI=1S/C20H21ClFN7/c1-3-17-26-18(21)12(2)20(27-17)25-10-4-5-16-15(11-23)19(24)29(28-16)14-8-6-13(22)7-9-14/h6-9H,3-5,10,24H2,1-2H3,(H,25,26,27). The van der Waals surface area contributed by atoms with Crippen molar-refractivity contribution >= 4 is 23.2 Å². The molecule has 0 aliphatic heterocycles. The Hall–Kier alpha value is -3.18. The zero-order chi connectivity index (χ0) is 21.0. The van der Waals surface area contributed by atoms with E-state index in [1.54, 1.807) is 12.1 Å². The molecule has 0 bridgehead atoms. The third kappa shape index (κ3) is 4.46. The molecule has 0 aliphatic rings. The molecule has 1 aromatic carbocycles. The Morgan fingerprint density at radius 1 is 1.28 bits per heavy atom. The summed E-state index contributed by atoms with van der Waals surface area (Å²) in [6.07, 6.45) is 1.95. The minimum absolute atomic E-state index is 0.244. The van der Waals surface area contributed by atoms with Crippen LogP contribution in [0.25, 0.3) is 5.69 Å². The lowest BCUT2D eigenvalue weighted by Gasteiger charge is -2.10. The summed E-state index contributed by atoms with van der Waals surface area (Å²) in [7, 11) is 0. The normalized spacial score (nSPS) is 10.7. The van der Waals surface area contributed by atoms with Crippen LogP contribution in [0.2, 0.25) is 5.15 Å². The number of nitrogens with one attached hydrogen (secondary N) is 1. The van der Waals surface area contributed by atoms with E-state index in [0.29, 0.717) is 59.5 Å². The molecule has 0 unspecified atom stereocenters. The predicted octanol–water partition coefficient (Wildman–Crippen LogP) is 3.82. The summed E-state index contributed by atoms with van der Waals surface area (Å²) in [6.45, 7) is 4.45. The van der Waals surface area contributed by atoms with Crippen LogP contribution in [0, 0.1) is 24.1 Å². The Bertz CT molecular complexity index is 1050. The van der Waals surface area contributed by atoms with Gasteiger partial charge >= 0.3 is 0 Å². The second kappa shape index (κ2) is 8.88. The number of hydrogen-bond acceptors (Lipinski definition) is 6. The molecule has 3 rings (SSSR count).